The van der Waals surface area contributed by atoms with Gasteiger partial charge in [0.05, 0.1) is 40.9 Å². The molecule has 1 aliphatic rings. The van der Waals surface area contributed by atoms with E-state index in [1.807, 2.05) is 0 Å². The lowest BCUT2D eigenvalue weighted by Crippen LogP contribution is -2.44. The average molecular weight is 588 g/mol. The van der Waals surface area contributed by atoms with Crippen molar-refractivity contribution in [1.82, 2.24) is 0 Å². The number of hydrogen-bond donors (Lipinski definition) is 0. The third-order valence-corrected chi connectivity index (χ3v) is 8.13. The van der Waals surface area contributed by atoms with Gasteiger partial charge in [-0.25, -0.2) is 17.6 Å². The summed E-state index contributed by atoms with van der Waals surface area (Å²) in [4.78, 5) is 11.0. The summed E-state index contributed by atoms with van der Waals surface area (Å²) < 4.78 is 98.1. The largest absolute Gasteiger partial charge is 0.489 e. The van der Waals surface area contributed by atoms with Gasteiger partial charge in [-0.15, -0.1) is 0 Å². The maximum absolute atomic E-state index is 14.2. The Bertz CT molecular complexity index is 1460. The topological polar surface area (TPSA) is 82.1 Å². The van der Waals surface area contributed by atoms with Gasteiger partial charge in [0.1, 0.15) is 24.8 Å². The Balaban J connectivity index is 1.70. The predicted octanol–water partition coefficient (Wildman–Crippen LogP) is 5.39. The van der Waals surface area contributed by atoms with Crippen LogP contribution in [0.4, 0.5) is 23.2 Å². The third kappa shape index (κ3) is 6.45. The fourth-order valence-electron chi connectivity index (χ4n) is 4.00. The van der Waals surface area contributed by atoms with Crippen molar-refractivity contribution in [3.05, 3.63) is 88.2 Å². The summed E-state index contributed by atoms with van der Waals surface area (Å²) in [6, 6.07) is 12.0. The molecule has 0 aliphatic carbocycles. The molecule has 1 atom stereocenters. The quantitative estimate of drug-likeness (QED) is 0.260. The van der Waals surface area contributed by atoms with Gasteiger partial charge < -0.3 is 14.2 Å². The fraction of sp³-hybridized carbons (Fsp3) is 0.269. The van der Waals surface area contributed by atoms with Crippen molar-refractivity contribution >= 4 is 33.3 Å². The molecule has 0 aromatic heterocycles. The molecule has 0 fully saturated rings. The molecular formula is C26H22ClF4NO6S. The molecule has 1 aliphatic heterocycles. The van der Waals surface area contributed by atoms with E-state index >= 15 is 0 Å². The normalized spacial score (nSPS) is 15.5. The maximum Gasteiger partial charge on any atom is 0.416 e. The molecule has 208 valence electrons. The van der Waals surface area contributed by atoms with Crippen LogP contribution in [0, 0.1) is 5.82 Å². The van der Waals surface area contributed by atoms with Crippen LogP contribution in [-0.4, -0.2) is 40.8 Å². The van der Waals surface area contributed by atoms with Gasteiger partial charge in [0.2, 0.25) is 0 Å². The number of benzene rings is 3. The average Bonchev–Trinajstić information content (AvgIpc) is 2.90. The first-order valence-electron chi connectivity index (χ1n) is 11.5. The SMILES string of the molecule is COC(=O)COC1Cc2ccc(OCc3c(F)cccc3Cl)cc2N(S(=O)(=O)c2cccc(C(F)(F)F)c2)C1. The second kappa shape index (κ2) is 11.4. The number of hydrogen-bond acceptors (Lipinski definition) is 6. The van der Waals surface area contributed by atoms with Crippen molar-refractivity contribution in [2.45, 2.75) is 30.2 Å². The summed E-state index contributed by atoms with van der Waals surface area (Å²) in [5, 5.41) is 0.146. The minimum atomic E-state index is -4.76. The van der Waals surface area contributed by atoms with Crippen molar-refractivity contribution in [2.75, 3.05) is 24.6 Å². The van der Waals surface area contributed by atoms with Crippen molar-refractivity contribution in [1.29, 1.82) is 0 Å². The molecule has 3 aromatic carbocycles. The minimum Gasteiger partial charge on any atom is -0.489 e. The van der Waals surface area contributed by atoms with E-state index in [0.29, 0.717) is 11.6 Å². The first-order valence-corrected chi connectivity index (χ1v) is 13.3. The first-order chi connectivity index (χ1) is 18.4. The number of alkyl halides is 3. The summed E-state index contributed by atoms with van der Waals surface area (Å²) >= 11 is 6.05. The number of anilines is 1. The number of nitrogens with zero attached hydrogens (tertiary/aromatic N) is 1. The second-order valence-electron chi connectivity index (χ2n) is 8.55. The number of carbonyl (C=O) groups excluding carboxylic acids is 1. The van der Waals surface area contributed by atoms with Gasteiger partial charge in [-0.2, -0.15) is 13.2 Å². The summed E-state index contributed by atoms with van der Waals surface area (Å²) in [5.41, 5.74) is -0.412. The molecule has 0 saturated heterocycles. The Morgan fingerprint density at radius 1 is 1.10 bits per heavy atom. The molecule has 1 unspecified atom stereocenters. The Morgan fingerprint density at radius 2 is 1.85 bits per heavy atom. The summed E-state index contributed by atoms with van der Waals surface area (Å²) in [6.45, 7) is -1.00. The summed E-state index contributed by atoms with van der Waals surface area (Å²) in [7, 11) is -3.36. The standard InChI is InChI=1S/C26H22ClF4NO6S/c1-36-25(33)15-38-19-10-16-8-9-18(37-14-21-22(27)6-3-7-23(21)28)12-24(16)32(13-19)39(34,35)20-5-2-4-17(11-20)26(29,30)31/h2-9,11-12,19H,10,13-15H2,1H3. The van der Waals surface area contributed by atoms with E-state index in [2.05, 4.69) is 4.74 Å². The molecule has 0 saturated carbocycles. The van der Waals surface area contributed by atoms with Gasteiger partial charge in [-0.05, 0) is 42.0 Å². The van der Waals surface area contributed by atoms with Crippen LogP contribution in [0.5, 0.6) is 5.75 Å². The lowest BCUT2D eigenvalue weighted by molar-refractivity contribution is -0.147. The van der Waals surface area contributed by atoms with E-state index in [0.717, 1.165) is 22.5 Å². The molecule has 0 spiro atoms. The molecular weight excluding hydrogens is 566 g/mol. The molecule has 39 heavy (non-hydrogen) atoms. The van der Waals surface area contributed by atoms with Crippen LogP contribution in [0.3, 0.4) is 0 Å². The minimum absolute atomic E-state index is 0.0987. The van der Waals surface area contributed by atoms with Crippen LogP contribution in [0.25, 0.3) is 0 Å². The molecule has 3 aromatic rings. The third-order valence-electron chi connectivity index (χ3n) is 6.00. The predicted molar refractivity (Wildman–Crippen MR) is 134 cm³/mol. The van der Waals surface area contributed by atoms with E-state index in [-0.39, 0.29) is 41.6 Å². The molecule has 13 heteroatoms. The van der Waals surface area contributed by atoms with Crippen LogP contribution in [0.15, 0.2) is 65.6 Å². The Labute approximate surface area is 226 Å². The number of rotatable bonds is 8. The number of esters is 1. The molecule has 0 radical (unpaired) electrons. The van der Waals surface area contributed by atoms with Crippen LogP contribution in [0.1, 0.15) is 16.7 Å². The van der Waals surface area contributed by atoms with Crippen molar-refractivity contribution in [2.24, 2.45) is 0 Å². The number of ether oxygens (including phenoxy) is 3. The highest BCUT2D eigenvalue weighted by molar-refractivity contribution is 7.92. The highest BCUT2D eigenvalue weighted by Gasteiger charge is 2.37. The van der Waals surface area contributed by atoms with Crippen molar-refractivity contribution in [3.8, 4) is 5.75 Å². The van der Waals surface area contributed by atoms with E-state index in [1.54, 1.807) is 6.07 Å². The fourth-order valence-corrected chi connectivity index (χ4v) is 5.79. The zero-order chi connectivity index (χ0) is 28.4. The summed E-state index contributed by atoms with van der Waals surface area (Å²) in [6.07, 6.45) is -5.37. The van der Waals surface area contributed by atoms with Gasteiger partial charge in [-0.1, -0.05) is 29.8 Å². The maximum atomic E-state index is 14.2. The Hall–Kier alpha value is -3.35. The van der Waals surface area contributed by atoms with E-state index < -0.39 is 51.2 Å². The van der Waals surface area contributed by atoms with E-state index in [1.165, 1.54) is 37.4 Å². The number of fused-ring (bicyclic) bond motifs is 1. The summed E-state index contributed by atoms with van der Waals surface area (Å²) in [5.74, 6) is -1.09. The zero-order valence-corrected chi connectivity index (χ0v) is 21.9. The molecule has 4 rings (SSSR count). The molecule has 0 amide bonds. The highest BCUT2D eigenvalue weighted by Crippen LogP contribution is 2.37. The zero-order valence-electron chi connectivity index (χ0n) is 20.4. The molecule has 0 bridgehead atoms. The smallest absolute Gasteiger partial charge is 0.416 e. The van der Waals surface area contributed by atoms with Crippen LogP contribution >= 0.6 is 11.6 Å². The van der Waals surface area contributed by atoms with Gasteiger partial charge in [0.15, 0.2) is 0 Å². The monoisotopic (exact) mass is 587 g/mol. The van der Waals surface area contributed by atoms with E-state index in [4.69, 9.17) is 21.1 Å². The van der Waals surface area contributed by atoms with E-state index in [9.17, 15) is 30.8 Å². The highest BCUT2D eigenvalue weighted by atomic mass is 35.5. The van der Waals surface area contributed by atoms with Gasteiger partial charge in [0.25, 0.3) is 10.0 Å². The molecule has 0 N–H and O–H groups in total. The van der Waals surface area contributed by atoms with Crippen molar-refractivity contribution < 1.29 is 45.0 Å². The second-order valence-corrected chi connectivity index (χ2v) is 10.8. The van der Waals surface area contributed by atoms with Crippen LogP contribution in [-0.2, 0) is 43.5 Å². The number of halogens is 5. The number of methoxy groups -OCH3 is 1. The lowest BCUT2D eigenvalue weighted by Gasteiger charge is -2.35. The van der Waals surface area contributed by atoms with Crippen molar-refractivity contribution in [3.63, 3.8) is 0 Å². The van der Waals surface area contributed by atoms with Crippen LogP contribution < -0.4 is 9.04 Å². The van der Waals surface area contributed by atoms with Gasteiger partial charge in [-0.3, -0.25) is 4.31 Å². The molecule has 7 nitrogen and oxygen atoms in total. The van der Waals surface area contributed by atoms with Crippen LogP contribution in [0.2, 0.25) is 5.02 Å². The van der Waals surface area contributed by atoms with Gasteiger partial charge >= 0.3 is 12.1 Å². The Kier molecular flexibility index (Phi) is 8.38. The first kappa shape index (κ1) is 28.7. The number of carbonyl (C=O) groups is 1. The Morgan fingerprint density at radius 3 is 2.54 bits per heavy atom. The molecule has 1 heterocycles. The number of sulfonamides is 1. The lowest BCUT2D eigenvalue weighted by atomic mass is 10.0. The van der Waals surface area contributed by atoms with Gasteiger partial charge in [0, 0.05) is 18.1 Å².